The summed E-state index contributed by atoms with van der Waals surface area (Å²) in [6.45, 7) is 1.96. The highest BCUT2D eigenvalue weighted by molar-refractivity contribution is 5.88. The number of unbranched alkanes of at least 4 members (excludes halogenated alkanes) is 2. The van der Waals surface area contributed by atoms with E-state index in [0.29, 0.717) is 18.8 Å². The lowest BCUT2D eigenvalue weighted by Crippen LogP contribution is -2.12. The summed E-state index contributed by atoms with van der Waals surface area (Å²) in [6.07, 6.45) is 8.72. The normalized spacial score (nSPS) is 9.75. The highest BCUT2D eigenvalue weighted by atomic mass is 16.1. The fourth-order valence-corrected chi connectivity index (χ4v) is 1.21. The van der Waals surface area contributed by atoms with Crippen LogP contribution in [0.2, 0.25) is 0 Å². The Balaban J connectivity index is 2.26. The number of nitrogens with zero attached hydrogens (tertiary/aromatic N) is 2. The smallest absolute Gasteiger partial charge is 0.248 e. The standard InChI is InChI=1S/C11H16N4O/c1-3-5-6-7-8-10(16)13-11-12-9(4-2)14-15-11/h1H,4-8H2,2H3,(H2,12,13,14,15,16). The number of aryl methyl sites for hydroxylation is 1. The number of amides is 1. The third kappa shape index (κ3) is 4.13. The van der Waals surface area contributed by atoms with E-state index in [2.05, 4.69) is 26.4 Å². The topological polar surface area (TPSA) is 70.7 Å². The molecule has 0 spiro atoms. The van der Waals surface area contributed by atoms with Gasteiger partial charge in [-0.05, 0) is 12.8 Å². The summed E-state index contributed by atoms with van der Waals surface area (Å²) < 4.78 is 0. The minimum absolute atomic E-state index is 0.0707. The van der Waals surface area contributed by atoms with Crippen LogP contribution < -0.4 is 5.32 Å². The summed E-state index contributed by atoms with van der Waals surface area (Å²) in [4.78, 5) is 15.5. The zero-order valence-electron chi connectivity index (χ0n) is 9.42. The van der Waals surface area contributed by atoms with E-state index in [1.807, 2.05) is 6.92 Å². The molecule has 0 atom stereocenters. The van der Waals surface area contributed by atoms with Crippen molar-refractivity contribution < 1.29 is 4.79 Å². The number of H-pyrrole nitrogens is 1. The minimum atomic E-state index is -0.0707. The number of rotatable bonds is 6. The molecule has 1 aromatic heterocycles. The lowest BCUT2D eigenvalue weighted by Gasteiger charge is -1.99. The molecular formula is C11H16N4O. The molecule has 0 aromatic carbocycles. The Morgan fingerprint density at radius 1 is 1.56 bits per heavy atom. The molecule has 5 heteroatoms. The highest BCUT2D eigenvalue weighted by Gasteiger charge is 2.05. The molecule has 0 bridgehead atoms. The molecule has 5 nitrogen and oxygen atoms in total. The number of carbonyl (C=O) groups excluding carboxylic acids is 1. The number of hydrogen-bond donors (Lipinski definition) is 2. The maximum absolute atomic E-state index is 11.4. The van der Waals surface area contributed by atoms with Crippen molar-refractivity contribution in [2.45, 2.75) is 39.0 Å². The van der Waals surface area contributed by atoms with Gasteiger partial charge in [0.1, 0.15) is 5.82 Å². The van der Waals surface area contributed by atoms with Crippen LogP contribution in [0.3, 0.4) is 0 Å². The van der Waals surface area contributed by atoms with E-state index >= 15 is 0 Å². The summed E-state index contributed by atoms with van der Waals surface area (Å²) in [7, 11) is 0. The molecule has 0 radical (unpaired) electrons. The Morgan fingerprint density at radius 3 is 3.00 bits per heavy atom. The molecule has 1 rings (SSSR count). The van der Waals surface area contributed by atoms with Gasteiger partial charge in [0.15, 0.2) is 0 Å². The van der Waals surface area contributed by atoms with Crippen LogP contribution in [0.4, 0.5) is 5.95 Å². The monoisotopic (exact) mass is 220 g/mol. The van der Waals surface area contributed by atoms with Gasteiger partial charge in [-0.3, -0.25) is 15.2 Å². The maximum atomic E-state index is 11.4. The molecule has 0 aliphatic heterocycles. The van der Waals surface area contributed by atoms with Gasteiger partial charge in [0, 0.05) is 19.3 Å². The third-order valence-electron chi connectivity index (χ3n) is 2.09. The molecule has 0 saturated carbocycles. The second-order valence-corrected chi connectivity index (χ2v) is 3.42. The lowest BCUT2D eigenvalue weighted by molar-refractivity contribution is -0.116. The molecule has 1 amide bonds. The summed E-state index contributed by atoms with van der Waals surface area (Å²) in [6, 6.07) is 0. The van der Waals surface area contributed by atoms with Crippen molar-refractivity contribution in [2.24, 2.45) is 0 Å². The van der Waals surface area contributed by atoms with Gasteiger partial charge in [0.05, 0.1) is 0 Å². The van der Waals surface area contributed by atoms with Gasteiger partial charge in [0.25, 0.3) is 0 Å². The van der Waals surface area contributed by atoms with E-state index < -0.39 is 0 Å². The number of anilines is 1. The van der Waals surface area contributed by atoms with Gasteiger partial charge in [-0.15, -0.1) is 17.4 Å². The van der Waals surface area contributed by atoms with Crippen LogP contribution in [0.1, 0.15) is 38.4 Å². The molecule has 0 unspecified atom stereocenters. The first-order valence-corrected chi connectivity index (χ1v) is 5.40. The molecule has 0 aliphatic rings. The van der Waals surface area contributed by atoms with Gasteiger partial charge >= 0.3 is 0 Å². The number of hydrogen-bond acceptors (Lipinski definition) is 3. The van der Waals surface area contributed by atoms with Crippen molar-refractivity contribution in [1.82, 2.24) is 15.2 Å². The predicted molar refractivity (Wildman–Crippen MR) is 61.7 cm³/mol. The molecule has 1 aromatic rings. The van der Waals surface area contributed by atoms with Crippen molar-refractivity contribution in [3.8, 4) is 12.3 Å². The summed E-state index contributed by atoms with van der Waals surface area (Å²) in [5.41, 5.74) is 0. The van der Waals surface area contributed by atoms with Gasteiger partial charge < -0.3 is 0 Å². The number of carbonyl (C=O) groups is 1. The number of aromatic amines is 1. The Morgan fingerprint density at radius 2 is 2.38 bits per heavy atom. The van der Waals surface area contributed by atoms with Crippen molar-refractivity contribution in [2.75, 3.05) is 5.32 Å². The largest absolute Gasteiger partial charge is 0.293 e. The third-order valence-corrected chi connectivity index (χ3v) is 2.09. The molecular weight excluding hydrogens is 204 g/mol. The molecule has 86 valence electrons. The fraction of sp³-hybridized carbons (Fsp3) is 0.545. The van der Waals surface area contributed by atoms with Crippen LogP contribution >= 0.6 is 0 Å². The van der Waals surface area contributed by atoms with Gasteiger partial charge in [-0.2, -0.15) is 4.98 Å². The Bertz CT molecular complexity index is 378. The highest BCUT2D eigenvalue weighted by Crippen LogP contribution is 2.03. The molecule has 16 heavy (non-hydrogen) atoms. The molecule has 0 fully saturated rings. The van der Waals surface area contributed by atoms with Crippen LogP contribution in [-0.4, -0.2) is 21.1 Å². The van der Waals surface area contributed by atoms with Crippen LogP contribution in [0.25, 0.3) is 0 Å². The Kier molecular flexibility index (Phi) is 5.06. The van der Waals surface area contributed by atoms with Gasteiger partial charge in [0.2, 0.25) is 11.9 Å². The number of aromatic nitrogens is 3. The van der Waals surface area contributed by atoms with Gasteiger partial charge in [-0.25, -0.2) is 0 Å². The number of terminal acetylenes is 1. The quantitative estimate of drug-likeness (QED) is 0.563. The predicted octanol–water partition coefficient (Wildman–Crippen LogP) is 1.50. The zero-order valence-corrected chi connectivity index (χ0v) is 9.42. The maximum Gasteiger partial charge on any atom is 0.248 e. The second-order valence-electron chi connectivity index (χ2n) is 3.42. The Labute approximate surface area is 95.0 Å². The zero-order chi connectivity index (χ0) is 11.8. The van der Waals surface area contributed by atoms with E-state index in [-0.39, 0.29) is 5.91 Å². The molecule has 0 saturated heterocycles. The average molecular weight is 220 g/mol. The van der Waals surface area contributed by atoms with Crippen LogP contribution in [0, 0.1) is 12.3 Å². The first kappa shape index (κ1) is 12.2. The van der Waals surface area contributed by atoms with Gasteiger partial charge in [-0.1, -0.05) is 6.92 Å². The second kappa shape index (κ2) is 6.62. The van der Waals surface area contributed by atoms with E-state index in [4.69, 9.17) is 6.42 Å². The van der Waals surface area contributed by atoms with Crippen LogP contribution in [0.5, 0.6) is 0 Å². The SMILES string of the molecule is C#CCCCCC(=O)Nc1n[nH]c(CC)n1. The fourth-order valence-electron chi connectivity index (χ4n) is 1.21. The summed E-state index contributed by atoms with van der Waals surface area (Å²) >= 11 is 0. The van der Waals surface area contributed by atoms with Crippen molar-refractivity contribution in [3.05, 3.63) is 5.82 Å². The molecule has 2 N–H and O–H groups in total. The summed E-state index contributed by atoms with van der Waals surface area (Å²) in [5.74, 6) is 3.58. The Hall–Kier alpha value is -1.83. The molecule has 1 heterocycles. The first-order chi connectivity index (χ1) is 7.76. The van der Waals surface area contributed by atoms with Crippen molar-refractivity contribution >= 4 is 11.9 Å². The van der Waals surface area contributed by atoms with E-state index in [0.717, 1.165) is 25.1 Å². The minimum Gasteiger partial charge on any atom is -0.293 e. The van der Waals surface area contributed by atoms with E-state index in [1.165, 1.54) is 0 Å². The van der Waals surface area contributed by atoms with Crippen LogP contribution in [0.15, 0.2) is 0 Å². The van der Waals surface area contributed by atoms with Crippen molar-refractivity contribution in [1.29, 1.82) is 0 Å². The first-order valence-electron chi connectivity index (χ1n) is 5.40. The lowest BCUT2D eigenvalue weighted by atomic mass is 10.2. The average Bonchev–Trinajstić information content (AvgIpc) is 2.72. The summed E-state index contributed by atoms with van der Waals surface area (Å²) in [5, 5.41) is 9.24. The van der Waals surface area contributed by atoms with Crippen molar-refractivity contribution in [3.63, 3.8) is 0 Å². The number of nitrogens with one attached hydrogen (secondary N) is 2. The van der Waals surface area contributed by atoms with Crippen LogP contribution in [-0.2, 0) is 11.2 Å². The van der Waals surface area contributed by atoms with E-state index in [9.17, 15) is 4.79 Å². The van der Waals surface area contributed by atoms with E-state index in [1.54, 1.807) is 0 Å². The molecule has 0 aliphatic carbocycles.